The van der Waals surface area contributed by atoms with Crippen molar-refractivity contribution in [2.75, 3.05) is 4.67 Å². The molecule has 0 spiro atoms. The maximum atomic E-state index is 2.72. The summed E-state index contributed by atoms with van der Waals surface area (Å²) >= 11 is 0. The minimum atomic E-state index is 0. The topological polar surface area (TPSA) is 3.24 Å². The molecule has 0 heterocycles. The van der Waals surface area contributed by atoms with Crippen molar-refractivity contribution in [3.63, 3.8) is 0 Å². The molecule has 0 saturated heterocycles. The second kappa shape index (κ2) is 5.89. The largest absolute Gasteiger partial charge is 0.326 e. The Labute approximate surface area is 103 Å². The molecule has 0 aliphatic rings. The van der Waals surface area contributed by atoms with Crippen molar-refractivity contribution < 1.29 is 0 Å². The number of hydrogen-bond donors (Lipinski definition) is 0. The summed E-state index contributed by atoms with van der Waals surface area (Å²) in [6, 6.07) is 20.5. The lowest BCUT2D eigenvalue weighted by atomic mass is 10.3. The van der Waals surface area contributed by atoms with Crippen LogP contribution in [0.3, 0.4) is 0 Å². The zero-order valence-electron chi connectivity index (χ0n) is 8.21. The summed E-state index contributed by atoms with van der Waals surface area (Å²) in [6.45, 7) is 0. The van der Waals surface area contributed by atoms with Gasteiger partial charge in [0, 0.05) is 11.4 Å². The summed E-state index contributed by atoms with van der Waals surface area (Å²) in [5.74, 6) is 0. The number of benzene rings is 2. The third kappa shape index (κ3) is 3.05. The zero-order valence-corrected chi connectivity index (χ0v) is 11.1. The van der Waals surface area contributed by atoms with Gasteiger partial charge in [-0.3, -0.25) is 0 Å². The van der Waals surface area contributed by atoms with E-state index in [0.717, 1.165) is 0 Å². The van der Waals surface area contributed by atoms with E-state index in [1.165, 1.54) is 11.4 Å². The molecule has 1 atom stereocenters. The van der Waals surface area contributed by atoms with E-state index in [4.69, 9.17) is 0 Å². The average molecular weight is 282 g/mol. The van der Waals surface area contributed by atoms with E-state index >= 15 is 0 Å². The first-order valence-electron chi connectivity index (χ1n) is 4.53. The van der Waals surface area contributed by atoms with Crippen LogP contribution in [0.2, 0.25) is 0 Å². The van der Waals surface area contributed by atoms with Gasteiger partial charge in [0.05, 0.1) is 0 Å². The van der Waals surface area contributed by atoms with Crippen LogP contribution in [0.1, 0.15) is 0 Å². The first-order chi connectivity index (χ1) is 6.88. The van der Waals surface area contributed by atoms with Gasteiger partial charge in [0.25, 0.3) is 0 Å². The number of rotatable bonds is 2. The third-order valence-corrected chi connectivity index (χ3v) is 2.67. The second-order valence-electron chi connectivity index (χ2n) is 3.04. The Morgan fingerprint density at radius 2 is 1.00 bits per heavy atom. The lowest BCUT2D eigenvalue weighted by Gasteiger charge is -2.18. The molecule has 0 radical (unpaired) electrons. The first-order valence-corrected chi connectivity index (χ1v) is 5.04. The number of halogens is 1. The molecule has 0 aliphatic carbocycles. The minimum Gasteiger partial charge on any atom is -0.326 e. The molecule has 78 valence electrons. The molecular weight excluding hydrogens is 269 g/mol. The second-order valence-corrected chi connectivity index (χ2v) is 3.56. The van der Waals surface area contributed by atoms with Gasteiger partial charge >= 0.3 is 0 Å². The van der Waals surface area contributed by atoms with Crippen LogP contribution < -0.4 is 4.67 Å². The van der Waals surface area contributed by atoms with E-state index in [-0.39, 0.29) is 17.0 Å². The molecule has 0 aliphatic heterocycles. The van der Waals surface area contributed by atoms with Crippen molar-refractivity contribution in [1.29, 1.82) is 0 Å². The van der Waals surface area contributed by atoms with Crippen molar-refractivity contribution in [2.24, 2.45) is 0 Å². The quantitative estimate of drug-likeness (QED) is 0.746. The predicted molar refractivity (Wildman–Crippen MR) is 75.1 cm³/mol. The SMILES string of the molecule is Br.PN(c1ccccc1)c1ccccc1. The molecule has 0 bridgehead atoms. The molecule has 0 aromatic heterocycles. The Bertz CT molecular complexity index is 351. The van der Waals surface area contributed by atoms with Crippen LogP contribution >= 0.6 is 26.4 Å². The number of nitrogens with zero attached hydrogens (tertiary/aromatic N) is 1. The van der Waals surface area contributed by atoms with Gasteiger partial charge < -0.3 is 4.67 Å². The summed E-state index contributed by atoms with van der Waals surface area (Å²) in [7, 11) is 2.72. The van der Waals surface area contributed by atoms with Crippen molar-refractivity contribution in [3.8, 4) is 0 Å². The fourth-order valence-electron chi connectivity index (χ4n) is 1.33. The van der Waals surface area contributed by atoms with Crippen LogP contribution in [-0.4, -0.2) is 0 Å². The van der Waals surface area contributed by atoms with Gasteiger partial charge in [-0.05, 0) is 33.7 Å². The molecule has 15 heavy (non-hydrogen) atoms. The average Bonchev–Trinajstić information content (AvgIpc) is 2.30. The summed E-state index contributed by atoms with van der Waals surface area (Å²) in [4.78, 5) is 0. The predicted octanol–water partition coefficient (Wildman–Crippen LogP) is 4.19. The van der Waals surface area contributed by atoms with Gasteiger partial charge in [-0.15, -0.1) is 17.0 Å². The fourth-order valence-corrected chi connectivity index (χ4v) is 1.67. The van der Waals surface area contributed by atoms with Gasteiger partial charge in [0.15, 0.2) is 0 Å². The van der Waals surface area contributed by atoms with E-state index in [1.54, 1.807) is 0 Å². The fraction of sp³-hybridized carbons (Fsp3) is 0. The highest BCUT2D eigenvalue weighted by molar-refractivity contribution is 8.93. The highest BCUT2D eigenvalue weighted by Crippen LogP contribution is 2.27. The summed E-state index contributed by atoms with van der Waals surface area (Å²) in [5.41, 5.74) is 2.34. The molecule has 0 saturated carbocycles. The van der Waals surface area contributed by atoms with E-state index in [9.17, 15) is 0 Å². The van der Waals surface area contributed by atoms with Crippen molar-refractivity contribution in [2.45, 2.75) is 0 Å². The van der Waals surface area contributed by atoms with Gasteiger partial charge in [0.1, 0.15) is 0 Å². The molecule has 3 heteroatoms. The Morgan fingerprint density at radius 3 is 1.33 bits per heavy atom. The molecule has 2 aromatic carbocycles. The maximum absolute atomic E-state index is 2.72. The standard InChI is InChI=1S/C12H12NP.BrH/c14-13(11-7-3-1-4-8-11)12-9-5-2-6-10-12;/h1-10H,14H2;1H. The normalized spacial score (nSPS) is 9.13. The van der Waals surface area contributed by atoms with Crippen LogP contribution in [0.4, 0.5) is 11.4 Å². The summed E-state index contributed by atoms with van der Waals surface area (Å²) in [6.07, 6.45) is 0. The number of hydrogen-bond acceptors (Lipinski definition) is 1. The van der Waals surface area contributed by atoms with E-state index in [2.05, 4.69) is 38.3 Å². The lowest BCUT2D eigenvalue weighted by Crippen LogP contribution is -1.99. The monoisotopic (exact) mass is 281 g/mol. The Hall–Kier alpha value is -0.850. The van der Waals surface area contributed by atoms with Gasteiger partial charge in [-0.25, -0.2) is 0 Å². The maximum Gasteiger partial charge on any atom is 0.0441 e. The molecule has 0 N–H and O–H groups in total. The zero-order chi connectivity index (χ0) is 9.80. The van der Waals surface area contributed by atoms with Crippen molar-refractivity contribution >= 4 is 37.7 Å². The lowest BCUT2D eigenvalue weighted by molar-refractivity contribution is 1.43. The number of para-hydroxylation sites is 2. The van der Waals surface area contributed by atoms with Crippen LogP contribution in [0.25, 0.3) is 0 Å². The highest BCUT2D eigenvalue weighted by atomic mass is 79.9. The Kier molecular flexibility index (Phi) is 4.80. The van der Waals surface area contributed by atoms with E-state index < -0.39 is 0 Å². The van der Waals surface area contributed by atoms with Gasteiger partial charge in [0.2, 0.25) is 0 Å². The van der Waals surface area contributed by atoms with Crippen LogP contribution in [0.5, 0.6) is 0 Å². The van der Waals surface area contributed by atoms with E-state index in [1.807, 2.05) is 36.4 Å². The molecule has 0 fully saturated rings. The molecule has 1 unspecified atom stereocenters. The van der Waals surface area contributed by atoms with Gasteiger partial charge in [-0.1, -0.05) is 36.4 Å². The molecule has 0 amide bonds. The Morgan fingerprint density at radius 1 is 0.667 bits per heavy atom. The van der Waals surface area contributed by atoms with Crippen LogP contribution in [-0.2, 0) is 0 Å². The van der Waals surface area contributed by atoms with Crippen LogP contribution in [0.15, 0.2) is 60.7 Å². The van der Waals surface area contributed by atoms with Crippen molar-refractivity contribution in [3.05, 3.63) is 60.7 Å². The molecule has 2 rings (SSSR count). The van der Waals surface area contributed by atoms with E-state index in [0.29, 0.717) is 0 Å². The highest BCUT2D eigenvalue weighted by Gasteiger charge is 2.00. The minimum absolute atomic E-state index is 0. The number of anilines is 2. The first kappa shape index (κ1) is 12.2. The van der Waals surface area contributed by atoms with Crippen LogP contribution in [0, 0.1) is 0 Å². The summed E-state index contributed by atoms with van der Waals surface area (Å²) in [5, 5.41) is 0. The van der Waals surface area contributed by atoms with Gasteiger partial charge in [-0.2, -0.15) is 0 Å². The molecule has 2 aromatic rings. The third-order valence-electron chi connectivity index (χ3n) is 2.07. The molecular formula is C12H13BrNP. The molecule has 1 nitrogen and oxygen atoms in total. The summed E-state index contributed by atoms with van der Waals surface area (Å²) < 4.78 is 2.08. The Balaban J connectivity index is 0.00000112. The van der Waals surface area contributed by atoms with Crippen molar-refractivity contribution in [1.82, 2.24) is 0 Å². The smallest absolute Gasteiger partial charge is 0.0441 e.